The Balaban J connectivity index is 1.33. The normalized spacial score (nSPS) is 14.3. The molecule has 0 spiro atoms. The van der Waals surface area contributed by atoms with E-state index in [2.05, 4.69) is 38.3 Å². The largest absolute Gasteiger partial charge is 0.416 e. The van der Waals surface area contributed by atoms with Crippen LogP contribution in [-0.4, -0.2) is 31.2 Å². The molecule has 0 atom stereocenters. The minimum absolute atomic E-state index is 0.453. The zero-order valence-electron chi connectivity index (χ0n) is 18.0. The standard InChI is InChI=1S/C25H22F3N5/c1-32-14-20(23(31-32)17-5-3-2-4-6-17)16-33-12-11-22-19(15-33)13-29-24(30-22)18-7-9-21(10-8-18)25(26,27)28/h2-10,13-14H,11-12,15-16H2,1H3. The molecular formula is C25H22F3N5. The second kappa shape index (κ2) is 8.44. The number of aromatic nitrogens is 4. The fourth-order valence-corrected chi connectivity index (χ4v) is 4.19. The van der Waals surface area contributed by atoms with Gasteiger partial charge in [0.2, 0.25) is 0 Å². The molecule has 2 aromatic heterocycles. The smallest absolute Gasteiger partial charge is 0.294 e. The molecule has 0 saturated heterocycles. The molecule has 0 bridgehead atoms. The molecule has 2 aromatic carbocycles. The maximum absolute atomic E-state index is 12.8. The monoisotopic (exact) mass is 449 g/mol. The Labute approximate surface area is 189 Å². The molecule has 0 radical (unpaired) electrons. The number of aryl methyl sites for hydroxylation is 1. The van der Waals surface area contributed by atoms with Gasteiger partial charge in [-0.15, -0.1) is 0 Å². The second-order valence-electron chi connectivity index (χ2n) is 8.24. The van der Waals surface area contributed by atoms with E-state index in [-0.39, 0.29) is 0 Å². The van der Waals surface area contributed by atoms with Crippen LogP contribution >= 0.6 is 0 Å². The molecule has 3 heterocycles. The lowest BCUT2D eigenvalue weighted by atomic mass is 10.0. The van der Waals surface area contributed by atoms with Crippen molar-refractivity contribution in [2.45, 2.75) is 25.7 Å². The molecular weight excluding hydrogens is 427 g/mol. The number of alkyl halides is 3. The summed E-state index contributed by atoms with van der Waals surface area (Å²) in [6.45, 7) is 2.31. The molecule has 0 amide bonds. The van der Waals surface area contributed by atoms with Gasteiger partial charge in [0, 0.05) is 67.8 Å². The lowest BCUT2D eigenvalue weighted by Crippen LogP contribution is -2.31. The third-order valence-corrected chi connectivity index (χ3v) is 5.83. The molecule has 0 aliphatic carbocycles. The Morgan fingerprint density at radius 2 is 1.73 bits per heavy atom. The maximum Gasteiger partial charge on any atom is 0.416 e. The molecule has 1 aliphatic heterocycles. The zero-order chi connectivity index (χ0) is 23.0. The van der Waals surface area contributed by atoms with Crippen LogP contribution in [0.2, 0.25) is 0 Å². The molecule has 0 fully saturated rings. The maximum atomic E-state index is 12.8. The highest BCUT2D eigenvalue weighted by Gasteiger charge is 2.30. The van der Waals surface area contributed by atoms with Gasteiger partial charge in [0.05, 0.1) is 17.0 Å². The van der Waals surface area contributed by atoms with Crippen molar-refractivity contribution in [1.82, 2.24) is 24.6 Å². The van der Waals surface area contributed by atoms with Crippen LogP contribution in [0, 0.1) is 0 Å². The summed E-state index contributed by atoms with van der Waals surface area (Å²) in [6.07, 6.45) is 0.255. The predicted molar refractivity (Wildman–Crippen MR) is 119 cm³/mol. The highest BCUT2D eigenvalue weighted by molar-refractivity contribution is 5.62. The number of fused-ring (bicyclic) bond motifs is 1. The third kappa shape index (κ3) is 4.52. The Hall–Kier alpha value is -3.52. The number of halogens is 3. The first-order chi connectivity index (χ1) is 15.9. The molecule has 168 valence electrons. The molecule has 5 rings (SSSR count). The highest BCUT2D eigenvalue weighted by atomic mass is 19.4. The van der Waals surface area contributed by atoms with E-state index in [1.54, 1.807) is 6.20 Å². The van der Waals surface area contributed by atoms with E-state index in [0.29, 0.717) is 17.9 Å². The Kier molecular flexibility index (Phi) is 5.46. The van der Waals surface area contributed by atoms with Gasteiger partial charge in [-0.25, -0.2) is 9.97 Å². The van der Waals surface area contributed by atoms with Crippen LogP contribution in [-0.2, 0) is 32.7 Å². The lowest BCUT2D eigenvalue weighted by molar-refractivity contribution is -0.137. The Bertz CT molecular complexity index is 1260. The summed E-state index contributed by atoms with van der Waals surface area (Å²) in [6, 6.07) is 15.1. The van der Waals surface area contributed by atoms with Gasteiger partial charge in [0.15, 0.2) is 5.82 Å². The van der Waals surface area contributed by atoms with Crippen LogP contribution in [0.4, 0.5) is 13.2 Å². The molecule has 33 heavy (non-hydrogen) atoms. The summed E-state index contributed by atoms with van der Waals surface area (Å²) in [5, 5.41) is 4.65. The van der Waals surface area contributed by atoms with Crippen LogP contribution in [0.25, 0.3) is 22.6 Å². The molecule has 0 unspecified atom stereocenters. The van der Waals surface area contributed by atoms with Crippen molar-refractivity contribution in [2.75, 3.05) is 6.54 Å². The van der Waals surface area contributed by atoms with Crippen molar-refractivity contribution >= 4 is 0 Å². The van der Waals surface area contributed by atoms with Crippen molar-refractivity contribution in [1.29, 1.82) is 0 Å². The average molecular weight is 449 g/mol. The van der Waals surface area contributed by atoms with Crippen LogP contribution < -0.4 is 0 Å². The first-order valence-electron chi connectivity index (χ1n) is 10.7. The molecule has 4 aromatic rings. The summed E-state index contributed by atoms with van der Waals surface area (Å²) in [5.74, 6) is 0.453. The Morgan fingerprint density at radius 1 is 0.970 bits per heavy atom. The molecule has 1 aliphatic rings. The van der Waals surface area contributed by atoms with Crippen molar-refractivity contribution in [2.24, 2.45) is 7.05 Å². The number of rotatable bonds is 4. The van der Waals surface area contributed by atoms with Gasteiger partial charge in [-0.1, -0.05) is 42.5 Å². The quantitative estimate of drug-likeness (QED) is 0.434. The minimum Gasteiger partial charge on any atom is -0.294 e. The van der Waals surface area contributed by atoms with Gasteiger partial charge >= 0.3 is 6.18 Å². The van der Waals surface area contributed by atoms with E-state index >= 15 is 0 Å². The van der Waals surface area contributed by atoms with E-state index in [0.717, 1.165) is 59.7 Å². The Morgan fingerprint density at radius 3 is 2.45 bits per heavy atom. The molecule has 5 nitrogen and oxygen atoms in total. The molecule has 0 saturated carbocycles. The number of nitrogens with zero attached hydrogens (tertiary/aromatic N) is 5. The SMILES string of the molecule is Cn1cc(CN2CCc3nc(-c4ccc(C(F)(F)F)cc4)ncc3C2)c(-c2ccccc2)n1. The summed E-state index contributed by atoms with van der Waals surface area (Å²) in [4.78, 5) is 11.4. The van der Waals surface area contributed by atoms with E-state index in [9.17, 15) is 13.2 Å². The van der Waals surface area contributed by atoms with Crippen molar-refractivity contribution in [3.8, 4) is 22.6 Å². The van der Waals surface area contributed by atoms with Gasteiger partial charge in [-0.3, -0.25) is 9.58 Å². The first kappa shape index (κ1) is 21.3. The highest BCUT2D eigenvalue weighted by Crippen LogP contribution is 2.31. The minimum atomic E-state index is -4.35. The van der Waals surface area contributed by atoms with E-state index in [1.165, 1.54) is 12.1 Å². The number of hydrogen-bond acceptors (Lipinski definition) is 4. The number of benzene rings is 2. The zero-order valence-corrected chi connectivity index (χ0v) is 18.0. The predicted octanol–water partition coefficient (Wildman–Crippen LogP) is 5.12. The van der Waals surface area contributed by atoms with Crippen LogP contribution in [0.15, 0.2) is 67.0 Å². The van der Waals surface area contributed by atoms with Crippen molar-refractivity contribution < 1.29 is 13.2 Å². The van der Waals surface area contributed by atoms with E-state index in [4.69, 9.17) is 0 Å². The van der Waals surface area contributed by atoms with Crippen molar-refractivity contribution in [3.63, 3.8) is 0 Å². The van der Waals surface area contributed by atoms with Gasteiger partial charge in [0.25, 0.3) is 0 Å². The fourth-order valence-electron chi connectivity index (χ4n) is 4.19. The van der Waals surface area contributed by atoms with E-state index in [1.807, 2.05) is 29.9 Å². The average Bonchev–Trinajstić information content (AvgIpc) is 3.18. The summed E-state index contributed by atoms with van der Waals surface area (Å²) in [5.41, 5.74) is 5.14. The van der Waals surface area contributed by atoms with Crippen molar-refractivity contribution in [3.05, 3.63) is 89.4 Å². The van der Waals surface area contributed by atoms with Crippen LogP contribution in [0.3, 0.4) is 0 Å². The van der Waals surface area contributed by atoms with E-state index < -0.39 is 11.7 Å². The van der Waals surface area contributed by atoms with Gasteiger partial charge in [-0.05, 0) is 12.1 Å². The fraction of sp³-hybridized carbons (Fsp3) is 0.240. The summed E-state index contributed by atoms with van der Waals surface area (Å²) < 4.78 is 40.3. The lowest BCUT2D eigenvalue weighted by Gasteiger charge is -2.28. The molecule has 8 heteroatoms. The summed E-state index contributed by atoms with van der Waals surface area (Å²) in [7, 11) is 1.93. The van der Waals surface area contributed by atoms with Gasteiger partial charge in [-0.2, -0.15) is 18.3 Å². The van der Waals surface area contributed by atoms with Crippen LogP contribution in [0.5, 0.6) is 0 Å². The first-order valence-corrected chi connectivity index (χ1v) is 10.7. The second-order valence-corrected chi connectivity index (χ2v) is 8.24. The third-order valence-electron chi connectivity index (χ3n) is 5.83. The number of hydrogen-bond donors (Lipinski definition) is 0. The van der Waals surface area contributed by atoms with Crippen LogP contribution in [0.1, 0.15) is 22.4 Å². The van der Waals surface area contributed by atoms with Gasteiger partial charge in [0.1, 0.15) is 0 Å². The topological polar surface area (TPSA) is 46.8 Å². The van der Waals surface area contributed by atoms with Gasteiger partial charge < -0.3 is 0 Å². The molecule has 0 N–H and O–H groups in total. The summed E-state index contributed by atoms with van der Waals surface area (Å²) >= 11 is 0.